The standard InChI is InChI=1S/C44H28O/c1-3-12-29(13-4-1)32-22-24-41-39(27-32)40-28-33(23-25-42(40)45-41)31-16-11-17-34(26-31)44-37-20-9-7-18-35(37)43(30-14-5-2-6-15-30)36-19-8-10-21-38(36)44/h1-28H/i1D,2D,3D,4D,5D,6D,7D,8D,9D,10D,12D,13D,14D,15D,18D,19D,20D,21D,22D,23D,24D,25D,27D,28D. The Hall–Kier alpha value is -5.92. The van der Waals surface area contributed by atoms with Crippen molar-refractivity contribution in [3.8, 4) is 44.5 Å². The highest BCUT2D eigenvalue weighted by Crippen LogP contribution is 2.44. The molecule has 9 rings (SSSR count). The Morgan fingerprint density at radius 2 is 0.800 bits per heavy atom. The molecule has 0 atom stereocenters. The van der Waals surface area contributed by atoms with E-state index in [2.05, 4.69) is 0 Å². The third kappa shape index (κ3) is 4.24. The summed E-state index contributed by atoms with van der Waals surface area (Å²) in [6, 6.07) is -12.8. The number of hydrogen-bond donors (Lipinski definition) is 0. The van der Waals surface area contributed by atoms with Crippen LogP contribution in [0.15, 0.2) is 174 Å². The molecule has 9 aromatic rings. The molecule has 1 aromatic heterocycles. The number of benzene rings is 8. The fourth-order valence-electron chi connectivity index (χ4n) is 5.41. The van der Waals surface area contributed by atoms with Gasteiger partial charge < -0.3 is 4.42 Å². The van der Waals surface area contributed by atoms with E-state index in [4.69, 9.17) is 29.1 Å². The minimum Gasteiger partial charge on any atom is -0.456 e. The van der Waals surface area contributed by atoms with Crippen molar-refractivity contribution in [3.05, 3.63) is 169 Å². The molecule has 0 amide bonds. The van der Waals surface area contributed by atoms with E-state index in [0.717, 1.165) is 0 Å². The summed E-state index contributed by atoms with van der Waals surface area (Å²) in [6.45, 7) is 0. The summed E-state index contributed by atoms with van der Waals surface area (Å²) in [6.07, 6.45) is 0. The van der Waals surface area contributed by atoms with Gasteiger partial charge in [0.1, 0.15) is 11.2 Å². The molecule has 1 heteroatoms. The summed E-state index contributed by atoms with van der Waals surface area (Å²) in [4.78, 5) is 0. The molecule has 1 heterocycles. The molecule has 0 N–H and O–H groups in total. The Kier molecular flexibility index (Phi) is 2.58. The van der Waals surface area contributed by atoms with Crippen molar-refractivity contribution >= 4 is 43.5 Å². The average molecular weight is 597 g/mol. The first-order chi connectivity index (χ1) is 32.3. The van der Waals surface area contributed by atoms with E-state index >= 15 is 0 Å². The SMILES string of the molecule is [2H]c1c([2H])c([2H])c(-c2c([2H])c([2H])c3oc4c([2H])c([2H])c(-c5cccc(-c6c7c([2H])c([2H])c([2H])c([2H])c7c(-c7c([2H])c([2H])c([2H])c([2H])c7[2H])c7c([2H])c([2H])c([2H])c([2H])c67)c5)c([2H])c4c3c2[2H])c([2H])c1[2H]. The zero-order chi connectivity index (χ0) is 50.6. The maximum atomic E-state index is 9.57. The minimum atomic E-state index is -0.832. The van der Waals surface area contributed by atoms with Gasteiger partial charge in [-0.05, 0) is 96.3 Å². The van der Waals surface area contributed by atoms with Crippen molar-refractivity contribution in [3.63, 3.8) is 0 Å². The summed E-state index contributed by atoms with van der Waals surface area (Å²) in [5.41, 5.74) is -3.78. The molecule has 0 fully saturated rings. The van der Waals surface area contributed by atoms with Crippen LogP contribution in [0.5, 0.6) is 0 Å². The Morgan fingerprint density at radius 3 is 1.36 bits per heavy atom. The second kappa shape index (κ2) is 10.4. The molecule has 0 saturated heterocycles. The van der Waals surface area contributed by atoms with E-state index in [1.807, 2.05) is 0 Å². The van der Waals surface area contributed by atoms with Gasteiger partial charge >= 0.3 is 0 Å². The molecule has 210 valence electrons. The molecule has 0 aliphatic carbocycles. The topological polar surface area (TPSA) is 13.1 Å². The van der Waals surface area contributed by atoms with E-state index in [0.29, 0.717) is 0 Å². The van der Waals surface area contributed by atoms with Gasteiger partial charge in [-0.25, -0.2) is 0 Å². The van der Waals surface area contributed by atoms with Gasteiger partial charge in [-0.2, -0.15) is 0 Å². The maximum Gasteiger partial charge on any atom is 0.135 e. The molecule has 0 saturated carbocycles. The second-order valence-corrected chi connectivity index (χ2v) is 9.84. The van der Waals surface area contributed by atoms with Crippen LogP contribution in [0.1, 0.15) is 32.9 Å². The number of fused-ring (bicyclic) bond motifs is 5. The van der Waals surface area contributed by atoms with Crippen LogP contribution in [-0.2, 0) is 0 Å². The summed E-state index contributed by atoms with van der Waals surface area (Å²) in [7, 11) is 0. The third-order valence-corrected chi connectivity index (χ3v) is 7.33. The van der Waals surface area contributed by atoms with Crippen LogP contribution >= 0.6 is 0 Å². The van der Waals surface area contributed by atoms with E-state index in [9.17, 15) is 8.22 Å². The molecule has 0 spiro atoms. The molecule has 0 unspecified atom stereocenters. The first kappa shape index (κ1) is 11.2. The Labute approximate surface area is 295 Å². The lowest BCUT2D eigenvalue weighted by atomic mass is 9.85. The Balaban J connectivity index is 1.44. The summed E-state index contributed by atoms with van der Waals surface area (Å²) in [5, 5.41) is -2.37. The smallest absolute Gasteiger partial charge is 0.135 e. The first-order valence-corrected chi connectivity index (χ1v) is 13.5. The zero-order valence-electron chi connectivity index (χ0n) is 46.7. The predicted molar refractivity (Wildman–Crippen MR) is 190 cm³/mol. The van der Waals surface area contributed by atoms with Crippen molar-refractivity contribution < 1.29 is 37.3 Å². The molecule has 0 radical (unpaired) electrons. The second-order valence-electron chi connectivity index (χ2n) is 9.84. The molecule has 8 aromatic carbocycles. The van der Waals surface area contributed by atoms with Gasteiger partial charge in [-0.3, -0.25) is 0 Å². The quantitative estimate of drug-likeness (QED) is 0.184. The molecular formula is C44H28O. The van der Waals surface area contributed by atoms with Crippen molar-refractivity contribution in [2.45, 2.75) is 0 Å². The van der Waals surface area contributed by atoms with Gasteiger partial charge in [0.05, 0.1) is 32.9 Å². The average Bonchev–Trinajstić information content (AvgIpc) is 3.75. The molecular weight excluding hydrogens is 544 g/mol. The van der Waals surface area contributed by atoms with Crippen LogP contribution in [0.3, 0.4) is 0 Å². The number of rotatable bonds is 4. The highest BCUT2D eigenvalue weighted by molar-refractivity contribution is 6.21. The lowest BCUT2D eigenvalue weighted by Gasteiger charge is -2.18. The van der Waals surface area contributed by atoms with Crippen molar-refractivity contribution in [2.75, 3.05) is 0 Å². The van der Waals surface area contributed by atoms with E-state index in [1.54, 1.807) is 0 Å². The highest BCUT2D eigenvalue weighted by Gasteiger charge is 2.17. The van der Waals surface area contributed by atoms with Crippen LogP contribution in [0, 0.1) is 0 Å². The van der Waals surface area contributed by atoms with Crippen molar-refractivity contribution in [1.82, 2.24) is 0 Å². The van der Waals surface area contributed by atoms with Gasteiger partial charge in [-0.15, -0.1) is 0 Å². The molecule has 0 aliphatic heterocycles. The Bertz CT molecular complexity index is 3750. The van der Waals surface area contributed by atoms with E-state index in [-0.39, 0.29) is 43.8 Å². The predicted octanol–water partition coefficient (Wildman–Crippen LogP) is 12.6. The molecule has 0 aliphatic rings. The Morgan fingerprint density at radius 1 is 0.356 bits per heavy atom. The van der Waals surface area contributed by atoms with Crippen LogP contribution < -0.4 is 0 Å². The zero-order valence-corrected chi connectivity index (χ0v) is 22.7. The van der Waals surface area contributed by atoms with Gasteiger partial charge in [0.2, 0.25) is 0 Å². The number of furan rings is 1. The van der Waals surface area contributed by atoms with Crippen LogP contribution in [-0.4, -0.2) is 0 Å². The monoisotopic (exact) mass is 596 g/mol. The van der Waals surface area contributed by atoms with E-state index < -0.39 is 189 Å². The van der Waals surface area contributed by atoms with Gasteiger partial charge in [0.25, 0.3) is 0 Å². The van der Waals surface area contributed by atoms with Gasteiger partial charge in [-0.1, -0.05) is 139 Å². The minimum absolute atomic E-state index is 0.0366. The summed E-state index contributed by atoms with van der Waals surface area (Å²) >= 11 is 0. The summed E-state index contributed by atoms with van der Waals surface area (Å²) in [5.74, 6) is 0. The number of hydrogen-bond acceptors (Lipinski definition) is 1. The van der Waals surface area contributed by atoms with Crippen LogP contribution in [0.4, 0.5) is 0 Å². The first-order valence-electron chi connectivity index (χ1n) is 25.5. The van der Waals surface area contributed by atoms with Gasteiger partial charge in [0, 0.05) is 10.8 Å². The maximum absolute atomic E-state index is 9.57. The molecule has 45 heavy (non-hydrogen) atoms. The fraction of sp³-hybridized carbons (Fsp3) is 0. The lowest BCUT2D eigenvalue weighted by Crippen LogP contribution is -1.91. The lowest BCUT2D eigenvalue weighted by molar-refractivity contribution is 0.669. The summed E-state index contributed by atoms with van der Waals surface area (Å²) < 4.78 is 217. The highest BCUT2D eigenvalue weighted by atomic mass is 16.3. The van der Waals surface area contributed by atoms with Gasteiger partial charge in [0.15, 0.2) is 0 Å². The van der Waals surface area contributed by atoms with Crippen LogP contribution in [0.2, 0.25) is 0 Å². The van der Waals surface area contributed by atoms with Crippen LogP contribution in [0.25, 0.3) is 88.0 Å². The third-order valence-electron chi connectivity index (χ3n) is 7.33. The molecule has 0 bridgehead atoms. The largest absolute Gasteiger partial charge is 0.456 e. The van der Waals surface area contributed by atoms with E-state index in [1.165, 1.54) is 24.3 Å². The normalized spacial score (nSPS) is 19.0. The molecule has 1 nitrogen and oxygen atoms in total. The van der Waals surface area contributed by atoms with Crippen molar-refractivity contribution in [1.29, 1.82) is 0 Å². The van der Waals surface area contributed by atoms with Crippen molar-refractivity contribution in [2.24, 2.45) is 0 Å². The fourth-order valence-corrected chi connectivity index (χ4v) is 5.41.